The normalized spacial score (nSPS) is 10.9. The number of amides is 1. The number of aryl methyl sites for hydroxylation is 1. The third-order valence-electron chi connectivity index (χ3n) is 3.50. The molecular weight excluding hydrogens is 411 g/mol. The standard InChI is InChI=1S/C17H16Cl2N4OS2/c1-3-23-16(11-4-10(2)25-8-11)21-22-17(23)26-9-15(24)20-14-6-12(18)5-13(19)7-14/h4-8H,3,9H2,1-2H3,(H,20,24). The van der Waals surface area contributed by atoms with E-state index in [1.165, 1.54) is 16.6 Å². The van der Waals surface area contributed by atoms with E-state index in [0.29, 0.717) is 20.9 Å². The molecule has 5 nitrogen and oxygen atoms in total. The van der Waals surface area contributed by atoms with Gasteiger partial charge in [-0.3, -0.25) is 4.79 Å². The number of carbonyl (C=O) groups is 1. The van der Waals surface area contributed by atoms with Gasteiger partial charge in [0.2, 0.25) is 5.91 Å². The highest BCUT2D eigenvalue weighted by Crippen LogP contribution is 2.28. The van der Waals surface area contributed by atoms with Gasteiger partial charge in [0.15, 0.2) is 11.0 Å². The van der Waals surface area contributed by atoms with Crippen LogP contribution in [0.25, 0.3) is 11.4 Å². The van der Waals surface area contributed by atoms with Crippen LogP contribution in [0.1, 0.15) is 11.8 Å². The molecule has 2 aromatic heterocycles. The van der Waals surface area contributed by atoms with Crippen LogP contribution in [0.2, 0.25) is 10.0 Å². The van der Waals surface area contributed by atoms with Crippen LogP contribution < -0.4 is 5.32 Å². The molecule has 1 N–H and O–H groups in total. The lowest BCUT2D eigenvalue weighted by Gasteiger charge is -2.08. The topological polar surface area (TPSA) is 59.8 Å². The van der Waals surface area contributed by atoms with Crippen molar-refractivity contribution in [1.82, 2.24) is 14.8 Å². The smallest absolute Gasteiger partial charge is 0.234 e. The van der Waals surface area contributed by atoms with Crippen LogP contribution >= 0.6 is 46.3 Å². The molecule has 3 aromatic rings. The first-order chi connectivity index (χ1) is 12.5. The second-order valence-corrected chi connectivity index (χ2v) is 8.42. The molecule has 1 aromatic carbocycles. The number of aromatic nitrogens is 3. The highest BCUT2D eigenvalue weighted by molar-refractivity contribution is 7.99. The van der Waals surface area contributed by atoms with Crippen molar-refractivity contribution in [2.75, 3.05) is 11.1 Å². The Kier molecular flexibility index (Phi) is 6.24. The molecule has 0 unspecified atom stereocenters. The van der Waals surface area contributed by atoms with E-state index in [1.54, 1.807) is 29.5 Å². The Morgan fingerprint density at radius 1 is 1.23 bits per heavy atom. The molecule has 26 heavy (non-hydrogen) atoms. The zero-order valence-corrected chi connectivity index (χ0v) is 17.3. The van der Waals surface area contributed by atoms with Crippen LogP contribution in [0.5, 0.6) is 0 Å². The molecular formula is C17H16Cl2N4OS2. The lowest BCUT2D eigenvalue weighted by atomic mass is 10.3. The van der Waals surface area contributed by atoms with Crippen LogP contribution in [0.15, 0.2) is 34.8 Å². The Hall–Kier alpha value is -1.54. The summed E-state index contributed by atoms with van der Waals surface area (Å²) >= 11 is 14.9. The van der Waals surface area contributed by atoms with Crippen molar-refractivity contribution >= 4 is 57.9 Å². The summed E-state index contributed by atoms with van der Waals surface area (Å²) in [7, 11) is 0. The number of hydrogen-bond acceptors (Lipinski definition) is 5. The summed E-state index contributed by atoms with van der Waals surface area (Å²) < 4.78 is 2.01. The fourth-order valence-electron chi connectivity index (χ4n) is 2.41. The summed E-state index contributed by atoms with van der Waals surface area (Å²) in [6.07, 6.45) is 0. The maximum Gasteiger partial charge on any atom is 0.234 e. The molecule has 0 atom stereocenters. The van der Waals surface area contributed by atoms with E-state index in [2.05, 4.69) is 33.9 Å². The van der Waals surface area contributed by atoms with Crippen LogP contribution in [-0.4, -0.2) is 26.4 Å². The molecule has 9 heteroatoms. The third kappa shape index (κ3) is 4.59. The van der Waals surface area contributed by atoms with E-state index in [-0.39, 0.29) is 11.7 Å². The van der Waals surface area contributed by atoms with Crippen molar-refractivity contribution in [3.05, 3.63) is 44.6 Å². The summed E-state index contributed by atoms with van der Waals surface area (Å²) in [5, 5.41) is 15.0. The van der Waals surface area contributed by atoms with E-state index in [4.69, 9.17) is 23.2 Å². The van der Waals surface area contributed by atoms with Gasteiger partial charge in [-0.15, -0.1) is 21.5 Å². The number of anilines is 1. The van der Waals surface area contributed by atoms with Gasteiger partial charge in [-0.25, -0.2) is 0 Å². The van der Waals surface area contributed by atoms with Crippen LogP contribution in [-0.2, 0) is 11.3 Å². The molecule has 2 heterocycles. The van der Waals surface area contributed by atoms with Crippen molar-refractivity contribution in [2.24, 2.45) is 0 Å². The van der Waals surface area contributed by atoms with E-state index in [1.807, 2.05) is 11.5 Å². The highest BCUT2D eigenvalue weighted by atomic mass is 35.5. The molecule has 0 bridgehead atoms. The molecule has 0 saturated heterocycles. The molecule has 0 radical (unpaired) electrons. The van der Waals surface area contributed by atoms with Gasteiger partial charge < -0.3 is 9.88 Å². The largest absolute Gasteiger partial charge is 0.325 e. The van der Waals surface area contributed by atoms with Crippen LogP contribution in [0, 0.1) is 6.92 Å². The minimum absolute atomic E-state index is 0.160. The molecule has 0 aliphatic heterocycles. The number of hydrogen-bond donors (Lipinski definition) is 1. The molecule has 0 spiro atoms. The van der Waals surface area contributed by atoms with Gasteiger partial charge in [-0.05, 0) is 38.1 Å². The zero-order valence-electron chi connectivity index (χ0n) is 14.1. The second kappa shape index (κ2) is 8.43. The number of thioether (sulfide) groups is 1. The van der Waals surface area contributed by atoms with E-state index < -0.39 is 0 Å². The molecule has 0 aliphatic carbocycles. The molecule has 0 fully saturated rings. The Labute approximate surface area is 169 Å². The van der Waals surface area contributed by atoms with Gasteiger partial charge in [-0.1, -0.05) is 35.0 Å². The fourth-order valence-corrected chi connectivity index (χ4v) is 4.42. The molecule has 0 saturated carbocycles. The van der Waals surface area contributed by atoms with Gasteiger partial charge in [-0.2, -0.15) is 0 Å². The SMILES string of the molecule is CCn1c(SCC(=O)Nc2cc(Cl)cc(Cl)c2)nnc1-c1csc(C)c1. The van der Waals surface area contributed by atoms with Gasteiger partial charge >= 0.3 is 0 Å². The number of nitrogens with zero attached hydrogens (tertiary/aromatic N) is 3. The molecule has 1 amide bonds. The molecule has 0 aliphatic rings. The van der Waals surface area contributed by atoms with Crippen LogP contribution in [0.3, 0.4) is 0 Å². The first kappa shape index (κ1) is 19.2. The Balaban J connectivity index is 1.67. The Bertz CT molecular complexity index is 918. The summed E-state index contributed by atoms with van der Waals surface area (Å²) in [6, 6.07) is 7.01. The van der Waals surface area contributed by atoms with E-state index in [9.17, 15) is 4.79 Å². The Morgan fingerprint density at radius 3 is 2.58 bits per heavy atom. The second-order valence-electron chi connectivity index (χ2n) is 5.49. The number of halogens is 2. The number of benzene rings is 1. The molecule has 136 valence electrons. The maximum atomic E-state index is 12.2. The molecule has 3 rings (SSSR count). The van der Waals surface area contributed by atoms with Gasteiger partial charge in [0.25, 0.3) is 0 Å². The van der Waals surface area contributed by atoms with Crippen molar-refractivity contribution in [1.29, 1.82) is 0 Å². The third-order valence-corrected chi connectivity index (χ3v) is 5.77. The summed E-state index contributed by atoms with van der Waals surface area (Å²) in [5.74, 6) is 0.874. The summed E-state index contributed by atoms with van der Waals surface area (Å²) in [6.45, 7) is 4.82. The van der Waals surface area contributed by atoms with Gasteiger partial charge in [0.05, 0.1) is 5.75 Å². The highest BCUT2D eigenvalue weighted by Gasteiger charge is 2.15. The minimum Gasteiger partial charge on any atom is -0.325 e. The van der Waals surface area contributed by atoms with Crippen molar-refractivity contribution in [3.63, 3.8) is 0 Å². The average molecular weight is 427 g/mol. The predicted molar refractivity (Wildman–Crippen MR) is 110 cm³/mol. The first-order valence-corrected chi connectivity index (χ1v) is 10.5. The maximum absolute atomic E-state index is 12.2. The van der Waals surface area contributed by atoms with Gasteiger partial charge in [0, 0.05) is 38.1 Å². The number of thiophene rings is 1. The predicted octanol–water partition coefficient (Wildman–Crippen LogP) is 5.37. The van der Waals surface area contributed by atoms with Crippen LogP contribution in [0.4, 0.5) is 5.69 Å². The lowest BCUT2D eigenvalue weighted by Crippen LogP contribution is -2.14. The van der Waals surface area contributed by atoms with E-state index >= 15 is 0 Å². The first-order valence-electron chi connectivity index (χ1n) is 7.83. The number of carbonyl (C=O) groups excluding carboxylic acids is 1. The van der Waals surface area contributed by atoms with E-state index in [0.717, 1.165) is 17.9 Å². The van der Waals surface area contributed by atoms with Crippen molar-refractivity contribution < 1.29 is 4.79 Å². The lowest BCUT2D eigenvalue weighted by molar-refractivity contribution is -0.113. The summed E-state index contributed by atoms with van der Waals surface area (Å²) in [5.41, 5.74) is 1.62. The minimum atomic E-state index is -0.160. The van der Waals surface area contributed by atoms with Crippen molar-refractivity contribution in [2.45, 2.75) is 25.5 Å². The fraction of sp³-hybridized carbons (Fsp3) is 0.235. The Morgan fingerprint density at radius 2 is 1.96 bits per heavy atom. The van der Waals surface area contributed by atoms with Crippen molar-refractivity contribution in [3.8, 4) is 11.4 Å². The summed E-state index contributed by atoms with van der Waals surface area (Å²) in [4.78, 5) is 13.4. The number of rotatable bonds is 6. The quantitative estimate of drug-likeness (QED) is 0.537. The zero-order chi connectivity index (χ0) is 18.7. The number of nitrogens with one attached hydrogen (secondary N) is 1. The van der Waals surface area contributed by atoms with Gasteiger partial charge in [0.1, 0.15) is 0 Å². The monoisotopic (exact) mass is 426 g/mol. The average Bonchev–Trinajstić information content (AvgIpc) is 3.17.